The third kappa shape index (κ3) is 3.82. The first-order chi connectivity index (χ1) is 15.3. The van der Waals surface area contributed by atoms with Crippen LogP contribution in [0.3, 0.4) is 0 Å². The molecular weight excluding hydrogens is 496 g/mol. The Balaban J connectivity index is 1.38. The number of ether oxygens (including phenoxy) is 2. The summed E-state index contributed by atoms with van der Waals surface area (Å²) in [5.74, 6) is 1.20. The number of rotatable bonds is 5. The summed E-state index contributed by atoms with van der Waals surface area (Å²) in [6, 6.07) is 15.5. The van der Waals surface area contributed by atoms with Gasteiger partial charge in [0.05, 0.1) is 10.6 Å². The van der Waals surface area contributed by atoms with E-state index in [2.05, 4.69) is 20.7 Å². The van der Waals surface area contributed by atoms with Crippen molar-refractivity contribution in [3.05, 3.63) is 81.3 Å². The number of hydrogen-bond acceptors (Lipinski definition) is 5. The van der Waals surface area contributed by atoms with E-state index in [1.807, 2.05) is 25.1 Å². The monoisotopic (exact) mass is 514 g/mol. The van der Waals surface area contributed by atoms with Gasteiger partial charge in [0.2, 0.25) is 6.79 Å². The van der Waals surface area contributed by atoms with E-state index in [-0.39, 0.29) is 17.6 Å². The second-order valence-electron chi connectivity index (χ2n) is 7.75. The average molecular weight is 515 g/mol. The summed E-state index contributed by atoms with van der Waals surface area (Å²) in [6.45, 7) is 2.92. The Hall–Kier alpha value is -3.04. The molecule has 7 nitrogen and oxygen atoms in total. The minimum absolute atomic E-state index is 0.158. The third-order valence-corrected chi connectivity index (χ3v) is 7.56. The molecule has 1 N–H and O–H groups in total. The smallest absolute Gasteiger partial charge is 0.261 e. The predicted octanol–water partition coefficient (Wildman–Crippen LogP) is 4.44. The third-order valence-electron chi connectivity index (χ3n) is 5.46. The molecule has 0 saturated heterocycles. The van der Waals surface area contributed by atoms with Crippen LogP contribution in [0.4, 0.5) is 5.69 Å². The Morgan fingerprint density at radius 2 is 1.78 bits per heavy atom. The number of benzene rings is 3. The number of aryl methyl sites for hydroxylation is 1. The highest BCUT2D eigenvalue weighted by Gasteiger charge is 2.30. The van der Waals surface area contributed by atoms with Crippen LogP contribution in [0.2, 0.25) is 0 Å². The summed E-state index contributed by atoms with van der Waals surface area (Å²) in [5, 5.41) is 0. The van der Waals surface area contributed by atoms with Crippen molar-refractivity contribution in [3.8, 4) is 11.5 Å². The highest BCUT2D eigenvalue weighted by Crippen LogP contribution is 2.36. The fourth-order valence-electron chi connectivity index (χ4n) is 3.80. The van der Waals surface area contributed by atoms with E-state index in [0.717, 1.165) is 16.7 Å². The van der Waals surface area contributed by atoms with Gasteiger partial charge in [0, 0.05) is 23.1 Å². The van der Waals surface area contributed by atoms with E-state index >= 15 is 0 Å². The zero-order chi connectivity index (χ0) is 22.5. The molecule has 2 heterocycles. The van der Waals surface area contributed by atoms with Crippen LogP contribution in [0.5, 0.6) is 11.5 Å². The molecule has 0 aromatic heterocycles. The van der Waals surface area contributed by atoms with Crippen molar-refractivity contribution < 1.29 is 22.7 Å². The van der Waals surface area contributed by atoms with Gasteiger partial charge in [-0.3, -0.25) is 9.52 Å². The molecule has 0 unspecified atom stereocenters. The molecular formula is C23H19BrN2O5S. The summed E-state index contributed by atoms with van der Waals surface area (Å²) >= 11 is 3.50. The number of carbonyl (C=O) groups is 1. The first-order valence-corrected chi connectivity index (χ1v) is 12.2. The molecule has 3 aromatic carbocycles. The molecule has 0 aliphatic carbocycles. The lowest BCUT2D eigenvalue weighted by Gasteiger charge is -2.16. The molecule has 0 atom stereocenters. The average Bonchev–Trinajstić information content (AvgIpc) is 3.33. The number of amides is 1. The minimum Gasteiger partial charge on any atom is -0.454 e. The van der Waals surface area contributed by atoms with Gasteiger partial charge >= 0.3 is 0 Å². The van der Waals surface area contributed by atoms with Gasteiger partial charge in [-0.05, 0) is 54.4 Å². The van der Waals surface area contributed by atoms with Crippen molar-refractivity contribution in [3.63, 3.8) is 0 Å². The number of carbonyl (C=O) groups excluding carboxylic acids is 1. The Morgan fingerprint density at radius 1 is 1.03 bits per heavy atom. The molecule has 2 aliphatic rings. The maximum Gasteiger partial charge on any atom is 0.261 e. The van der Waals surface area contributed by atoms with Crippen molar-refractivity contribution in [1.29, 1.82) is 0 Å². The summed E-state index contributed by atoms with van der Waals surface area (Å²) in [7, 11) is -3.77. The van der Waals surface area contributed by atoms with Crippen molar-refractivity contribution >= 4 is 37.5 Å². The number of hydrogen-bond donors (Lipinski definition) is 1. The van der Waals surface area contributed by atoms with E-state index < -0.39 is 10.0 Å². The van der Waals surface area contributed by atoms with Crippen molar-refractivity contribution in [2.75, 3.05) is 11.5 Å². The van der Waals surface area contributed by atoms with Crippen LogP contribution in [-0.2, 0) is 23.1 Å². The largest absolute Gasteiger partial charge is 0.454 e. The molecule has 2 aliphatic heterocycles. The molecule has 3 aromatic rings. The standard InChI is InChI=1S/C23H19BrN2O5S/c1-14-2-5-17(6-3-14)32(28,29)25-16-9-18-19(20(24)10-16)12-26(23(18)27)11-15-4-7-21-22(8-15)31-13-30-21/h2-10,25H,11-13H2,1H3. The molecule has 32 heavy (non-hydrogen) atoms. The Morgan fingerprint density at radius 3 is 2.56 bits per heavy atom. The van der Waals surface area contributed by atoms with Crippen LogP contribution in [0.25, 0.3) is 0 Å². The van der Waals surface area contributed by atoms with Gasteiger partial charge in [0.15, 0.2) is 11.5 Å². The highest BCUT2D eigenvalue weighted by molar-refractivity contribution is 9.10. The molecule has 0 bridgehead atoms. The SMILES string of the molecule is Cc1ccc(S(=O)(=O)Nc2cc(Br)c3c(c2)C(=O)N(Cc2ccc4c(c2)OCO4)C3)cc1. The van der Waals surface area contributed by atoms with Crippen LogP contribution in [0.1, 0.15) is 27.0 Å². The second kappa shape index (κ2) is 7.83. The van der Waals surface area contributed by atoms with Gasteiger partial charge in [0.1, 0.15) is 0 Å². The Labute approximate surface area is 194 Å². The zero-order valence-corrected chi connectivity index (χ0v) is 19.5. The fraction of sp³-hybridized carbons (Fsp3) is 0.174. The number of nitrogens with zero attached hydrogens (tertiary/aromatic N) is 1. The normalized spacial score (nSPS) is 14.6. The van der Waals surface area contributed by atoms with Crippen molar-refractivity contribution in [1.82, 2.24) is 4.90 Å². The van der Waals surface area contributed by atoms with Gasteiger partial charge in [-0.1, -0.05) is 39.7 Å². The predicted molar refractivity (Wildman–Crippen MR) is 122 cm³/mol. The van der Waals surface area contributed by atoms with Gasteiger partial charge < -0.3 is 14.4 Å². The summed E-state index contributed by atoms with van der Waals surface area (Å²) < 4.78 is 39.5. The molecule has 0 fully saturated rings. The molecule has 0 saturated carbocycles. The summed E-state index contributed by atoms with van der Waals surface area (Å²) in [4.78, 5) is 15.0. The molecule has 0 radical (unpaired) electrons. The van der Waals surface area contributed by atoms with E-state index in [4.69, 9.17) is 9.47 Å². The number of halogens is 1. The number of anilines is 1. The van der Waals surface area contributed by atoms with E-state index in [9.17, 15) is 13.2 Å². The maximum atomic E-state index is 13.1. The number of sulfonamides is 1. The lowest BCUT2D eigenvalue weighted by Crippen LogP contribution is -2.23. The van der Waals surface area contributed by atoms with Crippen molar-refractivity contribution in [2.24, 2.45) is 0 Å². The van der Waals surface area contributed by atoms with Crippen molar-refractivity contribution in [2.45, 2.75) is 24.9 Å². The van der Waals surface area contributed by atoms with E-state index in [1.165, 1.54) is 0 Å². The molecule has 9 heteroatoms. The topological polar surface area (TPSA) is 84.9 Å². The van der Waals surface area contributed by atoms with Crippen LogP contribution in [0, 0.1) is 6.92 Å². The maximum absolute atomic E-state index is 13.1. The van der Waals surface area contributed by atoms with E-state index in [1.54, 1.807) is 41.3 Å². The fourth-order valence-corrected chi connectivity index (χ4v) is 5.42. The Kier molecular flexibility index (Phi) is 5.10. The highest BCUT2D eigenvalue weighted by atomic mass is 79.9. The van der Waals surface area contributed by atoms with Crippen LogP contribution in [0.15, 0.2) is 64.0 Å². The molecule has 1 amide bonds. The first kappa shape index (κ1) is 20.8. The number of nitrogens with one attached hydrogen (secondary N) is 1. The molecule has 164 valence electrons. The Bertz CT molecular complexity index is 1340. The lowest BCUT2D eigenvalue weighted by molar-refractivity contribution is 0.0766. The zero-order valence-electron chi connectivity index (χ0n) is 17.1. The van der Waals surface area contributed by atoms with Crippen LogP contribution in [-0.4, -0.2) is 26.0 Å². The first-order valence-electron chi connectivity index (χ1n) is 9.90. The van der Waals surface area contributed by atoms with E-state index in [0.29, 0.717) is 40.3 Å². The van der Waals surface area contributed by atoms with Gasteiger partial charge in [-0.15, -0.1) is 0 Å². The summed E-state index contributed by atoms with van der Waals surface area (Å²) in [5.41, 5.74) is 3.52. The quantitative estimate of drug-likeness (QED) is 0.543. The minimum atomic E-state index is -3.77. The molecule has 5 rings (SSSR count). The van der Waals surface area contributed by atoms with Crippen LogP contribution < -0.4 is 14.2 Å². The van der Waals surface area contributed by atoms with Gasteiger partial charge in [-0.25, -0.2) is 8.42 Å². The van der Waals surface area contributed by atoms with Gasteiger partial charge in [0.25, 0.3) is 15.9 Å². The lowest BCUT2D eigenvalue weighted by atomic mass is 10.1. The molecule has 0 spiro atoms. The van der Waals surface area contributed by atoms with Crippen LogP contribution >= 0.6 is 15.9 Å². The van der Waals surface area contributed by atoms with Gasteiger partial charge in [-0.2, -0.15) is 0 Å². The number of fused-ring (bicyclic) bond motifs is 2. The second-order valence-corrected chi connectivity index (χ2v) is 10.3. The summed E-state index contributed by atoms with van der Waals surface area (Å²) in [6.07, 6.45) is 0.